The quantitative estimate of drug-likeness (QED) is 0.526. The van der Waals surface area contributed by atoms with Gasteiger partial charge in [-0.2, -0.15) is 0 Å². The Hall–Kier alpha value is -0.650. The van der Waals surface area contributed by atoms with E-state index in [1.165, 1.54) is 0 Å². The van der Waals surface area contributed by atoms with Gasteiger partial charge in [-0.25, -0.2) is 0 Å². The van der Waals surface area contributed by atoms with E-state index in [0.29, 0.717) is 19.7 Å². The van der Waals surface area contributed by atoms with Crippen LogP contribution in [0, 0.1) is 0 Å². The van der Waals surface area contributed by atoms with Gasteiger partial charge in [0.1, 0.15) is 0 Å². The summed E-state index contributed by atoms with van der Waals surface area (Å²) in [4.78, 5) is 13.2. The van der Waals surface area contributed by atoms with Crippen molar-refractivity contribution in [2.75, 3.05) is 40.5 Å². The molecule has 0 bridgehead atoms. The summed E-state index contributed by atoms with van der Waals surface area (Å²) < 4.78 is 4.81. The first-order chi connectivity index (χ1) is 6.63. The average Bonchev–Trinajstić information content (AvgIpc) is 2.17. The van der Waals surface area contributed by atoms with E-state index < -0.39 is 0 Å². The van der Waals surface area contributed by atoms with Crippen molar-refractivity contribution in [3.05, 3.63) is 0 Å². The summed E-state index contributed by atoms with van der Waals surface area (Å²) in [5, 5.41) is 11.4. The molecule has 0 aliphatic rings. The van der Waals surface area contributed by atoms with Crippen molar-refractivity contribution < 1.29 is 14.6 Å². The Balaban J connectivity index is 3.74. The van der Waals surface area contributed by atoms with Crippen LogP contribution in [0.5, 0.6) is 0 Å². The lowest BCUT2D eigenvalue weighted by Crippen LogP contribution is -2.45. The van der Waals surface area contributed by atoms with Gasteiger partial charge in [0.25, 0.3) is 0 Å². The third kappa shape index (κ3) is 5.16. The van der Waals surface area contributed by atoms with Crippen LogP contribution in [0.15, 0.2) is 0 Å². The fourth-order valence-electron chi connectivity index (χ4n) is 0.976. The predicted molar refractivity (Wildman–Crippen MR) is 54.1 cm³/mol. The lowest BCUT2D eigenvalue weighted by Gasteiger charge is -2.22. The van der Waals surface area contributed by atoms with E-state index >= 15 is 0 Å². The molecule has 0 fully saturated rings. The van der Waals surface area contributed by atoms with Crippen LogP contribution in [0.4, 0.5) is 0 Å². The van der Waals surface area contributed by atoms with Crippen LogP contribution in [0.1, 0.15) is 6.92 Å². The molecule has 1 unspecified atom stereocenters. The highest BCUT2D eigenvalue weighted by Crippen LogP contribution is 1.94. The first kappa shape index (κ1) is 13.4. The predicted octanol–water partition coefficient (Wildman–Crippen LogP) is -0.938. The molecule has 0 saturated heterocycles. The molecule has 1 amide bonds. The minimum absolute atomic E-state index is 0.0435. The first-order valence-corrected chi connectivity index (χ1v) is 4.71. The molecule has 0 aromatic rings. The Morgan fingerprint density at radius 3 is 2.79 bits per heavy atom. The highest BCUT2D eigenvalue weighted by molar-refractivity contribution is 5.81. The second-order valence-corrected chi connectivity index (χ2v) is 3.16. The topological polar surface area (TPSA) is 61.8 Å². The van der Waals surface area contributed by atoms with Crippen molar-refractivity contribution in [2.24, 2.45) is 0 Å². The summed E-state index contributed by atoms with van der Waals surface area (Å²) in [6.45, 7) is 3.40. The number of carbonyl (C=O) groups is 1. The van der Waals surface area contributed by atoms with Gasteiger partial charge in [-0.3, -0.25) is 9.69 Å². The van der Waals surface area contributed by atoms with Crippen LogP contribution in [-0.4, -0.2) is 62.4 Å². The van der Waals surface area contributed by atoms with Gasteiger partial charge in [0.05, 0.1) is 19.3 Å². The van der Waals surface area contributed by atoms with Gasteiger partial charge in [-0.15, -0.1) is 0 Å². The molecule has 5 heteroatoms. The minimum atomic E-state index is -0.223. The fourth-order valence-corrected chi connectivity index (χ4v) is 0.976. The van der Waals surface area contributed by atoms with E-state index in [2.05, 4.69) is 5.32 Å². The number of ether oxygens (including phenoxy) is 1. The molecular weight excluding hydrogens is 184 g/mol. The van der Waals surface area contributed by atoms with Gasteiger partial charge in [-0.05, 0) is 14.0 Å². The maximum atomic E-state index is 11.4. The monoisotopic (exact) mass is 204 g/mol. The second-order valence-electron chi connectivity index (χ2n) is 3.16. The second kappa shape index (κ2) is 7.73. The van der Waals surface area contributed by atoms with Crippen LogP contribution in [0.2, 0.25) is 0 Å². The number of hydrogen-bond acceptors (Lipinski definition) is 4. The SMILES string of the molecule is COCCNC(=O)C(C)N(C)CCO. The molecular formula is C9H20N2O3. The Labute approximate surface area is 85.0 Å². The van der Waals surface area contributed by atoms with Crippen molar-refractivity contribution in [1.29, 1.82) is 0 Å². The van der Waals surface area contributed by atoms with Gasteiger partial charge >= 0.3 is 0 Å². The Bertz CT molecular complexity index is 164. The molecule has 84 valence electrons. The Morgan fingerprint density at radius 2 is 2.29 bits per heavy atom. The number of nitrogens with zero attached hydrogens (tertiary/aromatic N) is 1. The molecule has 5 nitrogen and oxygen atoms in total. The molecule has 0 aromatic heterocycles. The van der Waals surface area contributed by atoms with Crippen LogP contribution in [0.25, 0.3) is 0 Å². The zero-order chi connectivity index (χ0) is 11.0. The van der Waals surface area contributed by atoms with E-state index in [-0.39, 0.29) is 18.6 Å². The summed E-state index contributed by atoms with van der Waals surface area (Å²) in [6, 6.07) is -0.223. The third-order valence-corrected chi connectivity index (χ3v) is 2.10. The largest absolute Gasteiger partial charge is 0.395 e. The summed E-state index contributed by atoms with van der Waals surface area (Å²) in [7, 11) is 3.39. The number of rotatable bonds is 7. The zero-order valence-corrected chi connectivity index (χ0v) is 9.12. The molecule has 2 N–H and O–H groups in total. The number of carbonyl (C=O) groups excluding carboxylic acids is 1. The maximum absolute atomic E-state index is 11.4. The van der Waals surface area contributed by atoms with Gasteiger partial charge in [0.15, 0.2) is 0 Å². The number of aliphatic hydroxyl groups is 1. The lowest BCUT2D eigenvalue weighted by atomic mass is 10.3. The van der Waals surface area contributed by atoms with Crippen LogP contribution in [0.3, 0.4) is 0 Å². The van der Waals surface area contributed by atoms with Gasteiger partial charge in [0.2, 0.25) is 5.91 Å². The summed E-state index contributed by atoms with van der Waals surface area (Å²) >= 11 is 0. The smallest absolute Gasteiger partial charge is 0.237 e. The third-order valence-electron chi connectivity index (χ3n) is 2.10. The van der Waals surface area contributed by atoms with Crippen LogP contribution in [-0.2, 0) is 9.53 Å². The van der Waals surface area contributed by atoms with E-state index in [4.69, 9.17) is 9.84 Å². The number of nitrogens with one attached hydrogen (secondary N) is 1. The van der Waals surface area contributed by atoms with E-state index in [0.717, 1.165) is 0 Å². The van der Waals surface area contributed by atoms with Crippen molar-refractivity contribution >= 4 is 5.91 Å². The van der Waals surface area contributed by atoms with Crippen LogP contribution >= 0.6 is 0 Å². The van der Waals surface area contributed by atoms with Gasteiger partial charge < -0.3 is 15.2 Å². The number of likely N-dealkylation sites (N-methyl/N-ethyl adjacent to an activating group) is 1. The molecule has 1 atom stereocenters. The standard InChI is InChI=1S/C9H20N2O3/c1-8(11(2)5-6-12)9(13)10-4-7-14-3/h8,12H,4-7H2,1-3H3,(H,10,13). The summed E-state index contributed by atoms with van der Waals surface area (Å²) in [6.07, 6.45) is 0. The molecule has 0 radical (unpaired) electrons. The normalized spacial score (nSPS) is 12.9. The zero-order valence-electron chi connectivity index (χ0n) is 9.12. The van der Waals surface area contributed by atoms with Gasteiger partial charge in [0, 0.05) is 20.2 Å². The molecule has 0 spiro atoms. The van der Waals surface area contributed by atoms with E-state index in [1.807, 2.05) is 0 Å². The highest BCUT2D eigenvalue weighted by atomic mass is 16.5. The molecule has 0 rings (SSSR count). The lowest BCUT2D eigenvalue weighted by molar-refractivity contribution is -0.125. The molecule has 0 heterocycles. The Morgan fingerprint density at radius 1 is 1.64 bits per heavy atom. The summed E-state index contributed by atoms with van der Waals surface area (Å²) in [5.41, 5.74) is 0. The maximum Gasteiger partial charge on any atom is 0.237 e. The first-order valence-electron chi connectivity index (χ1n) is 4.71. The number of amides is 1. The molecule has 0 saturated carbocycles. The van der Waals surface area contributed by atoms with Crippen molar-refractivity contribution in [3.8, 4) is 0 Å². The minimum Gasteiger partial charge on any atom is -0.395 e. The van der Waals surface area contributed by atoms with Crippen LogP contribution < -0.4 is 5.32 Å². The number of aliphatic hydroxyl groups excluding tert-OH is 1. The Kier molecular flexibility index (Phi) is 7.37. The molecule has 0 aliphatic carbocycles. The van der Waals surface area contributed by atoms with Crippen molar-refractivity contribution in [2.45, 2.75) is 13.0 Å². The molecule has 0 aromatic carbocycles. The van der Waals surface area contributed by atoms with Crippen molar-refractivity contribution in [1.82, 2.24) is 10.2 Å². The van der Waals surface area contributed by atoms with Crippen molar-refractivity contribution in [3.63, 3.8) is 0 Å². The number of methoxy groups -OCH3 is 1. The number of hydrogen-bond donors (Lipinski definition) is 2. The average molecular weight is 204 g/mol. The van der Waals surface area contributed by atoms with E-state index in [1.54, 1.807) is 26.0 Å². The molecule has 0 aliphatic heterocycles. The highest BCUT2D eigenvalue weighted by Gasteiger charge is 2.16. The van der Waals surface area contributed by atoms with E-state index in [9.17, 15) is 4.79 Å². The molecule has 14 heavy (non-hydrogen) atoms. The van der Waals surface area contributed by atoms with Gasteiger partial charge in [-0.1, -0.05) is 0 Å². The summed E-state index contributed by atoms with van der Waals surface area (Å²) in [5.74, 6) is -0.0435. The fraction of sp³-hybridized carbons (Fsp3) is 0.889.